The Hall–Kier alpha value is -1.14. The lowest BCUT2D eigenvalue weighted by Gasteiger charge is -2.13. The van der Waals surface area contributed by atoms with E-state index >= 15 is 0 Å². The molecule has 0 atom stereocenters. The molecule has 1 fully saturated rings. The molecule has 2 amide bonds. The molecule has 0 aliphatic carbocycles. The summed E-state index contributed by atoms with van der Waals surface area (Å²) in [7, 11) is 0. The van der Waals surface area contributed by atoms with E-state index in [2.05, 4.69) is 45.2 Å². The van der Waals surface area contributed by atoms with Crippen LogP contribution in [0.2, 0.25) is 0 Å². The molecule has 140 valence electrons. The van der Waals surface area contributed by atoms with Crippen molar-refractivity contribution in [2.24, 2.45) is 0 Å². The number of halogens is 3. The molecule has 0 unspecified atom stereocenters. The van der Waals surface area contributed by atoms with Crippen LogP contribution in [0.25, 0.3) is 6.08 Å². The second kappa shape index (κ2) is 8.91. The monoisotopic (exact) mass is 609 g/mol. The molecule has 2 aromatic rings. The highest BCUT2D eigenvalue weighted by Crippen LogP contribution is 2.37. The molecule has 0 saturated carbocycles. The lowest BCUT2D eigenvalue weighted by atomic mass is 10.1. The molecule has 0 radical (unpaired) electrons. The maximum Gasteiger partial charge on any atom is 0.293 e. The number of amides is 2. The number of hydrogen-bond donors (Lipinski definition) is 0. The van der Waals surface area contributed by atoms with Gasteiger partial charge in [0.2, 0.25) is 0 Å². The molecule has 27 heavy (non-hydrogen) atoms. The second-order valence-electron chi connectivity index (χ2n) is 5.60. The first kappa shape index (κ1) is 20.6. The van der Waals surface area contributed by atoms with Gasteiger partial charge in [0.15, 0.2) is 0 Å². The predicted molar refractivity (Wildman–Crippen MR) is 121 cm³/mol. The summed E-state index contributed by atoms with van der Waals surface area (Å²) in [6, 6.07) is 10.0. The molecule has 2 aromatic carbocycles. The van der Waals surface area contributed by atoms with Crippen LogP contribution in [-0.2, 0) is 11.3 Å². The van der Waals surface area contributed by atoms with E-state index in [0.29, 0.717) is 22.8 Å². The van der Waals surface area contributed by atoms with Gasteiger partial charge in [-0.15, -0.1) is 0 Å². The van der Waals surface area contributed by atoms with E-state index in [1.54, 1.807) is 24.3 Å². The van der Waals surface area contributed by atoms with Gasteiger partial charge in [-0.3, -0.25) is 14.5 Å². The number of ether oxygens (including phenoxy) is 1. The Labute approximate surface area is 187 Å². The van der Waals surface area contributed by atoms with Gasteiger partial charge in [-0.05, 0) is 88.1 Å². The lowest BCUT2D eigenvalue weighted by Crippen LogP contribution is -2.27. The van der Waals surface area contributed by atoms with Crippen LogP contribution in [0.5, 0.6) is 5.75 Å². The first-order valence-corrected chi connectivity index (χ1v) is 11.0. The summed E-state index contributed by atoms with van der Waals surface area (Å²) in [5.74, 6) is -0.185. The van der Waals surface area contributed by atoms with Gasteiger partial charge in [-0.2, -0.15) is 0 Å². The van der Waals surface area contributed by atoms with E-state index in [1.807, 2.05) is 19.1 Å². The first-order chi connectivity index (χ1) is 12.9. The van der Waals surface area contributed by atoms with Gasteiger partial charge in [-0.25, -0.2) is 4.39 Å². The third kappa shape index (κ3) is 4.65. The number of carbonyl (C=O) groups is 2. The van der Waals surface area contributed by atoms with Crippen molar-refractivity contribution in [2.75, 3.05) is 6.61 Å². The van der Waals surface area contributed by atoms with Crippen LogP contribution < -0.4 is 4.74 Å². The van der Waals surface area contributed by atoms with Gasteiger partial charge < -0.3 is 4.74 Å². The number of rotatable bonds is 5. The predicted octanol–water partition coefficient (Wildman–Crippen LogP) is 5.67. The summed E-state index contributed by atoms with van der Waals surface area (Å²) in [6.07, 6.45) is 1.67. The molecule has 8 heteroatoms. The van der Waals surface area contributed by atoms with Crippen molar-refractivity contribution >= 4 is 74.2 Å². The number of carbonyl (C=O) groups excluding carboxylic acids is 2. The fraction of sp³-hybridized carbons (Fsp3) is 0.158. The maximum absolute atomic E-state index is 13.9. The van der Waals surface area contributed by atoms with Crippen LogP contribution in [0, 0.1) is 13.0 Å². The molecule has 3 rings (SSSR count). The fourth-order valence-corrected chi connectivity index (χ4v) is 5.43. The maximum atomic E-state index is 13.9. The van der Waals surface area contributed by atoms with Gasteiger partial charge >= 0.3 is 0 Å². The molecule has 0 aromatic heterocycles. The van der Waals surface area contributed by atoms with Crippen molar-refractivity contribution in [1.82, 2.24) is 4.90 Å². The average Bonchev–Trinajstić information content (AvgIpc) is 2.87. The second-order valence-corrected chi connectivity index (χ2v) is 9.00. The van der Waals surface area contributed by atoms with Crippen LogP contribution >= 0.6 is 56.9 Å². The molecule has 0 spiro atoms. The molecule has 1 aliphatic rings. The van der Waals surface area contributed by atoms with E-state index in [-0.39, 0.29) is 6.54 Å². The molecule has 0 N–H and O–H groups in total. The quantitative estimate of drug-likeness (QED) is 0.324. The molecular formula is C19H14FI2NO3S. The normalized spacial score (nSPS) is 15.7. The zero-order valence-electron chi connectivity index (χ0n) is 14.2. The van der Waals surface area contributed by atoms with Crippen molar-refractivity contribution in [3.63, 3.8) is 0 Å². The minimum atomic E-state index is -0.439. The molecule has 1 heterocycles. The summed E-state index contributed by atoms with van der Waals surface area (Å²) in [6.45, 7) is 2.29. The van der Waals surface area contributed by atoms with Crippen molar-refractivity contribution in [2.45, 2.75) is 13.5 Å². The number of thioether (sulfide) groups is 1. The zero-order valence-corrected chi connectivity index (χ0v) is 19.3. The third-order valence-corrected chi connectivity index (χ3v) is 6.10. The number of nitrogens with zero attached hydrogens (tertiary/aromatic N) is 1. The van der Waals surface area contributed by atoms with E-state index < -0.39 is 17.0 Å². The van der Waals surface area contributed by atoms with Crippen molar-refractivity contribution in [1.29, 1.82) is 0 Å². The van der Waals surface area contributed by atoms with Crippen LogP contribution in [0.1, 0.15) is 18.1 Å². The standard InChI is InChI=1S/C19H14FI2NO3S/c1-2-26-17-12(7-13(21)9-15(17)22)8-16-18(24)23(19(25)27-16)10-11-5-3-4-6-14(11)20/h3-9H,2,10H2,1H3/b16-8-. The van der Waals surface area contributed by atoms with Crippen LogP contribution in [0.15, 0.2) is 41.3 Å². The highest BCUT2D eigenvalue weighted by molar-refractivity contribution is 14.1. The van der Waals surface area contributed by atoms with Crippen LogP contribution in [-0.4, -0.2) is 22.7 Å². The van der Waals surface area contributed by atoms with Crippen molar-refractivity contribution in [3.05, 3.63) is 65.4 Å². The molecular weight excluding hydrogens is 595 g/mol. The summed E-state index contributed by atoms with van der Waals surface area (Å²) in [5.41, 5.74) is 1.05. The van der Waals surface area contributed by atoms with Gasteiger partial charge in [0.05, 0.1) is 21.6 Å². The largest absolute Gasteiger partial charge is 0.492 e. The van der Waals surface area contributed by atoms with Gasteiger partial charge in [0.25, 0.3) is 11.1 Å². The lowest BCUT2D eigenvalue weighted by molar-refractivity contribution is -0.123. The van der Waals surface area contributed by atoms with E-state index in [9.17, 15) is 14.0 Å². The zero-order chi connectivity index (χ0) is 19.6. The summed E-state index contributed by atoms with van der Waals surface area (Å²) in [5, 5.41) is -0.409. The Morgan fingerprint density at radius 2 is 1.96 bits per heavy atom. The number of benzene rings is 2. The minimum absolute atomic E-state index is 0.0865. The molecule has 1 saturated heterocycles. The highest BCUT2D eigenvalue weighted by atomic mass is 127. The Morgan fingerprint density at radius 1 is 1.22 bits per heavy atom. The van der Waals surface area contributed by atoms with E-state index in [0.717, 1.165) is 29.4 Å². The van der Waals surface area contributed by atoms with Crippen molar-refractivity contribution < 1.29 is 18.7 Å². The summed E-state index contributed by atoms with van der Waals surface area (Å²) < 4.78 is 21.5. The first-order valence-electron chi connectivity index (χ1n) is 8.01. The van der Waals surface area contributed by atoms with Crippen LogP contribution in [0.4, 0.5) is 9.18 Å². The third-order valence-electron chi connectivity index (χ3n) is 3.77. The minimum Gasteiger partial charge on any atom is -0.492 e. The average molecular weight is 609 g/mol. The number of hydrogen-bond acceptors (Lipinski definition) is 4. The van der Waals surface area contributed by atoms with E-state index in [1.165, 1.54) is 6.07 Å². The highest BCUT2D eigenvalue weighted by Gasteiger charge is 2.35. The molecule has 0 bridgehead atoms. The van der Waals surface area contributed by atoms with Crippen LogP contribution in [0.3, 0.4) is 0 Å². The van der Waals surface area contributed by atoms with E-state index in [4.69, 9.17) is 4.74 Å². The smallest absolute Gasteiger partial charge is 0.293 e. The Bertz CT molecular complexity index is 949. The van der Waals surface area contributed by atoms with Gasteiger partial charge in [0, 0.05) is 14.7 Å². The summed E-state index contributed by atoms with van der Waals surface area (Å²) >= 11 is 5.23. The van der Waals surface area contributed by atoms with Gasteiger partial charge in [-0.1, -0.05) is 18.2 Å². The topological polar surface area (TPSA) is 46.6 Å². The Balaban J connectivity index is 1.92. The Morgan fingerprint density at radius 3 is 2.67 bits per heavy atom. The SMILES string of the molecule is CCOc1c(I)cc(I)cc1/C=C1\SC(=O)N(Cc2ccccc2F)C1=O. The van der Waals surface area contributed by atoms with Gasteiger partial charge in [0.1, 0.15) is 11.6 Å². The summed E-state index contributed by atoms with van der Waals surface area (Å²) in [4.78, 5) is 26.4. The molecule has 4 nitrogen and oxygen atoms in total. The van der Waals surface area contributed by atoms with Crippen molar-refractivity contribution in [3.8, 4) is 5.75 Å². The molecule has 1 aliphatic heterocycles. The number of imide groups is 1. The Kier molecular flexibility index (Phi) is 6.79. The fourth-order valence-electron chi connectivity index (χ4n) is 2.56.